The minimum atomic E-state index is -0.965. The van der Waals surface area contributed by atoms with Crippen LogP contribution in [0.1, 0.15) is 56.2 Å². The average Bonchev–Trinajstić information content (AvgIpc) is 3.33. The lowest BCUT2D eigenvalue weighted by atomic mass is 9.96. The molecule has 2 amide bonds. The number of aryl methyl sites for hydroxylation is 1. The molecule has 9 nitrogen and oxygen atoms in total. The van der Waals surface area contributed by atoms with Crippen molar-refractivity contribution in [2.75, 3.05) is 5.32 Å². The van der Waals surface area contributed by atoms with Crippen LogP contribution in [0.5, 0.6) is 0 Å². The fourth-order valence-corrected chi connectivity index (χ4v) is 3.93. The molecule has 0 radical (unpaired) electrons. The highest BCUT2D eigenvalue weighted by molar-refractivity contribution is 5.91. The molecule has 152 valence electrons. The van der Waals surface area contributed by atoms with Gasteiger partial charge in [0.15, 0.2) is 5.82 Å². The Morgan fingerprint density at radius 2 is 2.25 bits per heavy atom. The fraction of sp³-hybridized carbons (Fsp3) is 0.579. The van der Waals surface area contributed by atoms with Crippen LogP contribution in [-0.4, -0.2) is 43.1 Å². The van der Waals surface area contributed by atoms with Crippen LogP contribution in [-0.2, 0) is 18.3 Å². The standard InChI is InChI=1S/C19H28N6O3/c1-12(21-19(27)28)3-4-13-5-6-15(7-13)16-9-17(24-23-16)22-18(26)8-14-10-20-25(2)11-14/h9-13,15,21H,3-8H2,1-2H3,(H,27,28)(H2,22,23,24,26)/t12-,13?,15?/m0/s1. The number of rotatable bonds is 8. The molecule has 0 spiro atoms. The third-order valence-electron chi connectivity index (χ3n) is 5.35. The minimum absolute atomic E-state index is 0.0228. The first kappa shape index (κ1) is 19.9. The number of carboxylic acid groups (broad SMARTS) is 1. The van der Waals surface area contributed by atoms with Crippen LogP contribution in [0.15, 0.2) is 18.5 Å². The van der Waals surface area contributed by atoms with Crippen LogP contribution in [0.2, 0.25) is 0 Å². The van der Waals surface area contributed by atoms with Gasteiger partial charge in [0.1, 0.15) is 0 Å². The number of H-pyrrole nitrogens is 1. The lowest BCUT2D eigenvalue weighted by Crippen LogP contribution is -2.31. The fourth-order valence-electron chi connectivity index (χ4n) is 3.93. The number of aromatic nitrogens is 4. The SMILES string of the molecule is C[C@@H](CCC1CCC(c2cc(NC(=O)Cc3cnn(C)c3)n[nH]2)C1)NC(=O)O. The predicted molar refractivity (Wildman–Crippen MR) is 104 cm³/mol. The lowest BCUT2D eigenvalue weighted by molar-refractivity contribution is -0.115. The van der Waals surface area contributed by atoms with E-state index in [2.05, 4.69) is 25.9 Å². The molecule has 1 aliphatic rings. The molecule has 0 bridgehead atoms. The van der Waals surface area contributed by atoms with Gasteiger partial charge >= 0.3 is 6.09 Å². The van der Waals surface area contributed by atoms with E-state index in [-0.39, 0.29) is 18.4 Å². The first-order valence-electron chi connectivity index (χ1n) is 9.71. The molecule has 0 saturated heterocycles. The Hall–Kier alpha value is -2.84. The maximum atomic E-state index is 12.1. The van der Waals surface area contributed by atoms with E-state index in [0.717, 1.165) is 43.4 Å². The van der Waals surface area contributed by atoms with E-state index in [1.54, 1.807) is 10.9 Å². The maximum absolute atomic E-state index is 12.1. The van der Waals surface area contributed by atoms with Crippen molar-refractivity contribution in [3.05, 3.63) is 29.7 Å². The van der Waals surface area contributed by atoms with E-state index in [1.165, 1.54) is 0 Å². The molecular weight excluding hydrogens is 360 g/mol. The second-order valence-corrected chi connectivity index (χ2v) is 7.76. The Bertz CT molecular complexity index is 814. The first-order chi connectivity index (χ1) is 13.4. The molecule has 28 heavy (non-hydrogen) atoms. The van der Waals surface area contributed by atoms with Gasteiger partial charge in [-0.25, -0.2) is 4.79 Å². The number of carbonyl (C=O) groups excluding carboxylic acids is 1. The molecule has 3 rings (SSSR count). The molecule has 1 fully saturated rings. The van der Waals surface area contributed by atoms with Gasteiger partial charge in [-0.3, -0.25) is 14.6 Å². The Kier molecular flexibility index (Phi) is 6.33. The monoisotopic (exact) mass is 388 g/mol. The number of carbonyl (C=O) groups is 2. The van der Waals surface area contributed by atoms with E-state index in [1.807, 2.05) is 26.2 Å². The minimum Gasteiger partial charge on any atom is -0.465 e. The van der Waals surface area contributed by atoms with Crippen molar-refractivity contribution in [3.63, 3.8) is 0 Å². The summed E-state index contributed by atoms with van der Waals surface area (Å²) in [5, 5.41) is 25.4. The molecule has 0 aromatic carbocycles. The van der Waals surface area contributed by atoms with Gasteiger partial charge in [-0.15, -0.1) is 0 Å². The van der Waals surface area contributed by atoms with Crippen molar-refractivity contribution >= 4 is 17.8 Å². The number of nitrogens with one attached hydrogen (secondary N) is 3. The number of hydrogen-bond acceptors (Lipinski definition) is 4. The van der Waals surface area contributed by atoms with Crippen LogP contribution in [0.4, 0.5) is 10.6 Å². The Labute approximate surface area is 163 Å². The van der Waals surface area contributed by atoms with Crippen LogP contribution < -0.4 is 10.6 Å². The average molecular weight is 388 g/mol. The zero-order valence-corrected chi connectivity index (χ0v) is 16.3. The Morgan fingerprint density at radius 3 is 2.96 bits per heavy atom. The number of nitrogens with zero attached hydrogens (tertiary/aromatic N) is 3. The molecule has 1 aliphatic carbocycles. The van der Waals surface area contributed by atoms with Gasteiger partial charge in [-0.05, 0) is 50.5 Å². The summed E-state index contributed by atoms with van der Waals surface area (Å²) in [6.45, 7) is 1.90. The van der Waals surface area contributed by atoms with Crippen LogP contribution in [0.25, 0.3) is 0 Å². The summed E-state index contributed by atoms with van der Waals surface area (Å²) < 4.78 is 1.67. The normalized spacial score (nSPS) is 20.1. The van der Waals surface area contributed by atoms with Gasteiger partial charge in [0, 0.05) is 37.0 Å². The zero-order chi connectivity index (χ0) is 20.1. The van der Waals surface area contributed by atoms with E-state index in [0.29, 0.717) is 17.7 Å². The molecule has 1 saturated carbocycles. The Morgan fingerprint density at radius 1 is 1.43 bits per heavy atom. The number of anilines is 1. The van der Waals surface area contributed by atoms with Crippen molar-refractivity contribution in [1.82, 2.24) is 25.3 Å². The van der Waals surface area contributed by atoms with Gasteiger partial charge in [0.05, 0.1) is 12.6 Å². The molecule has 2 aromatic heterocycles. The van der Waals surface area contributed by atoms with Crippen LogP contribution >= 0.6 is 0 Å². The Balaban J connectivity index is 1.45. The highest BCUT2D eigenvalue weighted by atomic mass is 16.4. The predicted octanol–water partition coefficient (Wildman–Crippen LogP) is 2.64. The molecule has 3 atom stereocenters. The van der Waals surface area contributed by atoms with Crippen molar-refractivity contribution in [3.8, 4) is 0 Å². The van der Waals surface area contributed by atoms with Crippen LogP contribution in [0, 0.1) is 5.92 Å². The van der Waals surface area contributed by atoms with Gasteiger partial charge in [0.25, 0.3) is 0 Å². The molecule has 2 heterocycles. The molecule has 2 unspecified atom stereocenters. The maximum Gasteiger partial charge on any atom is 0.404 e. The molecule has 0 aliphatic heterocycles. The number of aromatic amines is 1. The van der Waals surface area contributed by atoms with E-state index >= 15 is 0 Å². The van der Waals surface area contributed by atoms with Gasteiger partial charge in [-0.1, -0.05) is 0 Å². The quantitative estimate of drug-likeness (QED) is 0.553. The summed E-state index contributed by atoms with van der Waals surface area (Å²) >= 11 is 0. The van der Waals surface area contributed by atoms with E-state index < -0.39 is 6.09 Å². The van der Waals surface area contributed by atoms with Crippen molar-refractivity contribution in [1.29, 1.82) is 0 Å². The third kappa shape index (κ3) is 5.58. The second-order valence-electron chi connectivity index (χ2n) is 7.76. The van der Waals surface area contributed by atoms with Crippen molar-refractivity contribution in [2.45, 2.75) is 57.4 Å². The van der Waals surface area contributed by atoms with Gasteiger partial charge < -0.3 is 15.7 Å². The number of hydrogen-bond donors (Lipinski definition) is 4. The molecule has 2 aromatic rings. The molecule has 9 heteroatoms. The van der Waals surface area contributed by atoms with Crippen LogP contribution in [0.3, 0.4) is 0 Å². The van der Waals surface area contributed by atoms with Gasteiger partial charge in [0.2, 0.25) is 5.91 Å². The summed E-state index contributed by atoms with van der Waals surface area (Å²) in [4.78, 5) is 22.8. The largest absolute Gasteiger partial charge is 0.465 e. The first-order valence-corrected chi connectivity index (χ1v) is 9.71. The van der Waals surface area contributed by atoms with Crippen molar-refractivity contribution < 1.29 is 14.7 Å². The molecular formula is C19H28N6O3. The third-order valence-corrected chi connectivity index (χ3v) is 5.35. The van der Waals surface area contributed by atoms with Gasteiger partial charge in [-0.2, -0.15) is 10.2 Å². The van der Waals surface area contributed by atoms with Crippen molar-refractivity contribution in [2.24, 2.45) is 13.0 Å². The topological polar surface area (TPSA) is 125 Å². The van der Waals surface area contributed by atoms with E-state index in [4.69, 9.17) is 5.11 Å². The summed E-state index contributed by atoms with van der Waals surface area (Å²) in [6.07, 6.45) is 7.94. The summed E-state index contributed by atoms with van der Waals surface area (Å²) in [5.74, 6) is 1.43. The summed E-state index contributed by atoms with van der Waals surface area (Å²) in [6, 6.07) is 1.90. The lowest BCUT2D eigenvalue weighted by Gasteiger charge is -2.14. The summed E-state index contributed by atoms with van der Waals surface area (Å²) in [7, 11) is 1.82. The summed E-state index contributed by atoms with van der Waals surface area (Å²) in [5.41, 5.74) is 1.91. The molecule has 4 N–H and O–H groups in total. The highest BCUT2D eigenvalue weighted by Crippen LogP contribution is 2.40. The van der Waals surface area contributed by atoms with E-state index in [9.17, 15) is 9.59 Å². The smallest absolute Gasteiger partial charge is 0.404 e. The highest BCUT2D eigenvalue weighted by Gasteiger charge is 2.27. The number of amides is 2. The second kappa shape index (κ2) is 8.90. The zero-order valence-electron chi connectivity index (χ0n) is 16.3.